The molecule has 1 amide bonds. The van der Waals surface area contributed by atoms with Crippen LogP contribution in [-0.4, -0.2) is 40.8 Å². The predicted molar refractivity (Wildman–Crippen MR) is 68.3 cm³/mol. The number of carbonyl (C=O) groups excluding carboxylic acids is 1. The quantitative estimate of drug-likeness (QED) is 0.907. The molecule has 5 nitrogen and oxygen atoms in total. The van der Waals surface area contributed by atoms with Gasteiger partial charge in [0, 0.05) is 31.3 Å². The molecule has 0 bridgehead atoms. The maximum absolute atomic E-state index is 11.8. The fourth-order valence-electron chi connectivity index (χ4n) is 2.13. The molecule has 0 aliphatic carbocycles. The number of aliphatic hydroxyl groups is 1. The minimum absolute atomic E-state index is 0.235. The Balaban J connectivity index is 1.70. The third-order valence-corrected chi connectivity index (χ3v) is 3.97. The molecule has 18 heavy (non-hydrogen) atoms. The molecule has 1 aromatic heterocycles. The van der Waals surface area contributed by atoms with Crippen molar-refractivity contribution in [1.29, 1.82) is 0 Å². The lowest BCUT2D eigenvalue weighted by molar-refractivity contribution is 0.0795. The predicted octanol–water partition coefficient (Wildman–Crippen LogP) is 1.87. The molecule has 1 fully saturated rings. The molecular weight excluding hydrogens is 252 g/mol. The molecule has 1 N–H and O–H groups in total. The van der Waals surface area contributed by atoms with Gasteiger partial charge in [-0.2, -0.15) is 0 Å². The van der Waals surface area contributed by atoms with Crippen molar-refractivity contribution < 1.29 is 14.6 Å². The van der Waals surface area contributed by atoms with E-state index in [1.807, 2.05) is 5.38 Å². The number of piperidine rings is 1. The van der Waals surface area contributed by atoms with Crippen LogP contribution >= 0.6 is 11.3 Å². The van der Waals surface area contributed by atoms with Crippen LogP contribution in [0.4, 0.5) is 4.79 Å². The van der Waals surface area contributed by atoms with Crippen LogP contribution in [0.3, 0.4) is 0 Å². The van der Waals surface area contributed by atoms with Gasteiger partial charge in [0.1, 0.15) is 11.6 Å². The zero-order chi connectivity index (χ0) is 12.8. The Kier molecular flexibility index (Phi) is 4.95. The summed E-state index contributed by atoms with van der Waals surface area (Å²) in [7, 11) is 0. The third kappa shape index (κ3) is 3.68. The van der Waals surface area contributed by atoms with Crippen molar-refractivity contribution in [2.75, 3.05) is 19.7 Å². The van der Waals surface area contributed by atoms with Crippen molar-refractivity contribution >= 4 is 17.4 Å². The summed E-state index contributed by atoms with van der Waals surface area (Å²) in [4.78, 5) is 17.6. The number of aliphatic hydroxyl groups excluding tert-OH is 1. The highest BCUT2D eigenvalue weighted by atomic mass is 32.1. The topological polar surface area (TPSA) is 62.7 Å². The van der Waals surface area contributed by atoms with Gasteiger partial charge in [-0.15, -0.1) is 11.3 Å². The van der Waals surface area contributed by atoms with E-state index in [-0.39, 0.29) is 19.3 Å². The van der Waals surface area contributed by atoms with E-state index in [0.717, 1.165) is 37.4 Å². The summed E-state index contributed by atoms with van der Waals surface area (Å²) in [5.41, 5.74) is 0. The SMILES string of the molecule is O=C(OCc1nccs1)N1CCC(CCO)CC1. The zero-order valence-corrected chi connectivity index (χ0v) is 11.1. The second kappa shape index (κ2) is 6.70. The Hall–Kier alpha value is -1.14. The van der Waals surface area contributed by atoms with E-state index in [4.69, 9.17) is 9.84 Å². The van der Waals surface area contributed by atoms with E-state index < -0.39 is 0 Å². The number of carbonyl (C=O) groups is 1. The largest absolute Gasteiger partial charge is 0.442 e. The molecular formula is C12H18N2O3S. The summed E-state index contributed by atoms with van der Waals surface area (Å²) < 4.78 is 5.21. The van der Waals surface area contributed by atoms with Gasteiger partial charge in [0.2, 0.25) is 0 Å². The number of likely N-dealkylation sites (tertiary alicyclic amines) is 1. The minimum Gasteiger partial charge on any atom is -0.442 e. The summed E-state index contributed by atoms with van der Waals surface area (Å²) in [6, 6.07) is 0. The second-order valence-electron chi connectivity index (χ2n) is 4.42. The molecule has 0 aromatic carbocycles. The molecule has 1 saturated heterocycles. The fraction of sp³-hybridized carbons (Fsp3) is 0.667. The molecule has 0 saturated carbocycles. The third-order valence-electron chi connectivity index (χ3n) is 3.21. The molecule has 6 heteroatoms. The van der Waals surface area contributed by atoms with Crippen molar-refractivity contribution in [2.45, 2.75) is 25.9 Å². The Morgan fingerprint density at radius 3 is 2.94 bits per heavy atom. The van der Waals surface area contributed by atoms with Crippen LogP contribution in [0.1, 0.15) is 24.3 Å². The Morgan fingerprint density at radius 1 is 1.56 bits per heavy atom. The smallest absolute Gasteiger partial charge is 0.410 e. The maximum Gasteiger partial charge on any atom is 0.410 e. The number of hydrogen-bond donors (Lipinski definition) is 1. The van der Waals surface area contributed by atoms with Crippen molar-refractivity contribution in [2.24, 2.45) is 5.92 Å². The van der Waals surface area contributed by atoms with E-state index in [1.54, 1.807) is 11.1 Å². The van der Waals surface area contributed by atoms with Crippen LogP contribution in [0.2, 0.25) is 0 Å². The first-order valence-electron chi connectivity index (χ1n) is 6.20. The Bertz CT molecular complexity index is 361. The highest BCUT2D eigenvalue weighted by Crippen LogP contribution is 2.20. The number of hydrogen-bond acceptors (Lipinski definition) is 5. The lowest BCUT2D eigenvalue weighted by Crippen LogP contribution is -2.38. The number of aromatic nitrogens is 1. The van der Waals surface area contributed by atoms with Gasteiger partial charge in [0.15, 0.2) is 0 Å². The van der Waals surface area contributed by atoms with Crippen LogP contribution in [0.5, 0.6) is 0 Å². The highest BCUT2D eigenvalue weighted by molar-refractivity contribution is 7.09. The van der Waals surface area contributed by atoms with Crippen LogP contribution in [0, 0.1) is 5.92 Å². The first kappa shape index (κ1) is 13.3. The Morgan fingerprint density at radius 2 is 2.33 bits per heavy atom. The van der Waals surface area contributed by atoms with Crippen LogP contribution in [-0.2, 0) is 11.3 Å². The number of amides is 1. The zero-order valence-electron chi connectivity index (χ0n) is 10.2. The van der Waals surface area contributed by atoms with Crippen molar-refractivity contribution in [3.63, 3.8) is 0 Å². The van der Waals surface area contributed by atoms with Gasteiger partial charge in [-0.1, -0.05) is 0 Å². The standard InChI is InChI=1S/C12H18N2O3S/c15-7-3-10-1-5-14(6-2-10)12(16)17-9-11-13-4-8-18-11/h4,8,10,15H,1-3,5-7,9H2. The van der Waals surface area contributed by atoms with E-state index in [0.29, 0.717) is 5.92 Å². The molecule has 2 rings (SSSR count). The normalized spacial score (nSPS) is 16.8. The molecule has 0 spiro atoms. The lowest BCUT2D eigenvalue weighted by Gasteiger charge is -2.30. The number of ether oxygens (including phenoxy) is 1. The summed E-state index contributed by atoms with van der Waals surface area (Å²) in [6.07, 6.45) is 4.18. The minimum atomic E-state index is -0.257. The monoisotopic (exact) mass is 270 g/mol. The molecule has 100 valence electrons. The van der Waals surface area contributed by atoms with Crippen LogP contribution in [0.25, 0.3) is 0 Å². The number of nitrogens with zero attached hydrogens (tertiary/aromatic N) is 2. The van der Waals surface area contributed by atoms with Gasteiger partial charge < -0.3 is 14.7 Å². The van der Waals surface area contributed by atoms with Gasteiger partial charge in [0.05, 0.1) is 0 Å². The van der Waals surface area contributed by atoms with Gasteiger partial charge in [-0.25, -0.2) is 9.78 Å². The van der Waals surface area contributed by atoms with Crippen LogP contribution in [0.15, 0.2) is 11.6 Å². The molecule has 1 aromatic rings. The first-order valence-corrected chi connectivity index (χ1v) is 7.08. The van der Waals surface area contributed by atoms with Gasteiger partial charge in [-0.05, 0) is 25.2 Å². The number of rotatable bonds is 4. The number of thiazole rings is 1. The summed E-state index contributed by atoms with van der Waals surface area (Å²) in [6.45, 7) is 1.94. The van der Waals surface area contributed by atoms with E-state index in [1.165, 1.54) is 11.3 Å². The van der Waals surface area contributed by atoms with Gasteiger partial charge in [0.25, 0.3) is 0 Å². The average molecular weight is 270 g/mol. The lowest BCUT2D eigenvalue weighted by atomic mass is 9.94. The molecule has 0 unspecified atom stereocenters. The maximum atomic E-state index is 11.8. The second-order valence-corrected chi connectivity index (χ2v) is 5.40. The van der Waals surface area contributed by atoms with Crippen LogP contribution < -0.4 is 0 Å². The van der Waals surface area contributed by atoms with Crippen molar-refractivity contribution in [1.82, 2.24) is 9.88 Å². The average Bonchev–Trinajstić information content (AvgIpc) is 2.90. The molecule has 0 radical (unpaired) electrons. The van der Waals surface area contributed by atoms with E-state index >= 15 is 0 Å². The molecule has 1 aliphatic rings. The molecule has 2 heterocycles. The summed E-state index contributed by atoms with van der Waals surface area (Å²) >= 11 is 1.48. The fourth-order valence-corrected chi connectivity index (χ4v) is 2.65. The van der Waals surface area contributed by atoms with E-state index in [2.05, 4.69) is 4.98 Å². The van der Waals surface area contributed by atoms with Crippen molar-refractivity contribution in [3.05, 3.63) is 16.6 Å². The molecule has 1 aliphatic heterocycles. The summed E-state index contributed by atoms with van der Waals surface area (Å²) in [5, 5.41) is 11.6. The van der Waals surface area contributed by atoms with Crippen molar-refractivity contribution in [3.8, 4) is 0 Å². The van der Waals surface area contributed by atoms with Gasteiger partial charge in [-0.3, -0.25) is 0 Å². The van der Waals surface area contributed by atoms with Gasteiger partial charge >= 0.3 is 6.09 Å². The first-order chi connectivity index (χ1) is 8.79. The Labute approximate surface area is 110 Å². The molecule has 0 atom stereocenters. The summed E-state index contributed by atoms with van der Waals surface area (Å²) in [5.74, 6) is 0.540. The van der Waals surface area contributed by atoms with E-state index in [9.17, 15) is 4.79 Å². The highest BCUT2D eigenvalue weighted by Gasteiger charge is 2.23.